The highest BCUT2D eigenvalue weighted by molar-refractivity contribution is 5.78. The molecule has 0 radical (unpaired) electrons. The molecule has 7 N–H and O–H groups in total. The van der Waals surface area contributed by atoms with Crippen LogP contribution in [0.4, 0.5) is 11.8 Å². The third-order valence-electron chi connectivity index (χ3n) is 2.30. The summed E-state index contributed by atoms with van der Waals surface area (Å²) in [6, 6.07) is 0. The molecular formula is C8H8N8O. The van der Waals surface area contributed by atoms with Crippen molar-refractivity contribution >= 4 is 22.9 Å². The minimum atomic E-state index is -0.381. The zero-order valence-electron chi connectivity index (χ0n) is 8.48. The average Bonchev–Trinajstić information content (AvgIpc) is 2.83. The van der Waals surface area contributed by atoms with Crippen LogP contribution in [0.25, 0.3) is 22.6 Å². The lowest BCUT2D eigenvalue weighted by Crippen LogP contribution is -2.10. The largest absolute Gasteiger partial charge is 0.383 e. The first kappa shape index (κ1) is 9.39. The summed E-state index contributed by atoms with van der Waals surface area (Å²) >= 11 is 0. The molecule has 0 unspecified atom stereocenters. The van der Waals surface area contributed by atoms with Crippen LogP contribution < -0.4 is 17.0 Å². The van der Waals surface area contributed by atoms with Gasteiger partial charge in [0.2, 0.25) is 5.95 Å². The first-order valence-corrected chi connectivity index (χ1v) is 4.70. The van der Waals surface area contributed by atoms with E-state index in [2.05, 4.69) is 30.1 Å². The molecule has 3 rings (SSSR count). The molecule has 0 atom stereocenters. The SMILES string of the molecule is Nc1nc2nc(-c3cn[nH]c3N)[nH]c2c(=O)[nH]1. The highest BCUT2D eigenvalue weighted by Crippen LogP contribution is 2.21. The summed E-state index contributed by atoms with van der Waals surface area (Å²) in [5.41, 5.74) is 11.7. The number of fused-ring (bicyclic) bond motifs is 1. The van der Waals surface area contributed by atoms with Crippen LogP contribution in [0.1, 0.15) is 0 Å². The van der Waals surface area contributed by atoms with E-state index in [1.807, 2.05) is 0 Å². The zero-order valence-corrected chi connectivity index (χ0v) is 8.48. The van der Waals surface area contributed by atoms with Crippen LogP contribution in [-0.2, 0) is 0 Å². The van der Waals surface area contributed by atoms with E-state index in [4.69, 9.17) is 11.5 Å². The number of nitrogen functional groups attached to an aromatic ring is 2. The number of imidazole rings is 1. The molecule has 17 heavy (non-hydrogen) atoms. The Morgan fingerprint density at radius 2 is 2.00 bits per heavy atom. The third-order valence-corrected chi connectivity index (χ3v) is 2.30. The van der Waals surface area contributed by atoms with Crippen molar-refractivity contribution in [2.45, 2.75) is 0 Å². The fraction of sp³-hybridized carbons (Fsp3) is 0. The number of nitrogens with one attached hydrogen (secondary N) is 3. The molecule has 3 aromatic heterocycles. The van der Waals surface area contributed by atoms with Gasteiger partial charge in [0.25, 0.3) is 5.56 Å². The van der Waals surface area contributed by atoms with E-state index in [1.165, 1.54) is 6.20 Å². The summed E-state index contributed by atoms with van der Waals surface area (Å²) in [5, 5.41) is 6.34. The number of hydrogen-bond acceptors (Lipinski definition) is 6. The highest BCUT2D eigenvalue weighted by atomic mass is 16.1. The molecule has 3 aromatic rings. The lowest BCUT2D eigenvalue weighted by molar-refractivity contribution is 1.10. The molecule has 3 heterocycles. The van der Waals surface area contributed by atoms with Gasteiger partial charge in [-0.15, -0.1) is 0 Å². The topological polar surface area (TPSA) is 155 Å². The fourth-order valence-electron chi connectivity index (χ4n) is 1.54. The summed E-state index contributed by atoms with van der Waals surface area (Å²) in [7, 11) is 0. The second kappa shape index (κ2) is 3.07. The smallest absolute Gasteiger partial charge is 0.278 e. The van der Waals surface area contributed by atoms with Gasteiger partial charge >= 0.3 is 0 Å². The van der Waals surface area contributed by atoms with Crippen LogP contribution >= 0.6 is 0 Å². The standard InChI is InChI=1S/C8H8N8O/c9-4-2(1-11-16-4)5-12-3-6(13-5)14-8(10)15-7(3)17/h1H,(H3,9,11,16)(H4,10,12,13,14,15,17). The number of aromatic nitrogens is 6. The Bertz CT molecular complexity index is 750. The normalized spacial score (nSPS) is 11.1. The van der Waals surface area contributed by atoms with Crippen molar-refractivity contribution in [1.82, 2.24) is 30.1 Å². The van der Waals surface area contributed by atoms with Gasteiger partial charge in [-0.1, -0.05) is 0 Å². The van der Waals surface area contributed by atoms with Crippen LogP contribution in [0.2, 0.25) is 0 Å². The predicted octanol–water partition coefficient (Wildman–Crippen LogP) is -0.799. The van der Waals surface area contributed by atoms with Crippen molar-refractivity contribution in [1.29, 1.82) is 0 Å². The minimum Gasteiger partial charge on any atom is -0.383 e. The van der Waals surface area contributed by atoms with Gasteiger partial charge in [-0.05, 0) is 0 Å². The van der Waals surface area contributed by atoms with Crippen LogP contribution in [0.5, 0.6) is 0 Å². The predicted molar refractivity (Wildman–Crippen MR) is 60.9 cm³/mol. The molecule has 0 bridgehead atoms. The van der Waals surface area contributed by atoms with E-state index in [1.54, 1.807) is 0 Å². The van der Waals surface area contributed by atoms with Crippen LogP contribution in [0, 0.1) is 0 Å². The Labute approximate surface area is 93.3 Å². The molecule has 0 amide bonds. The number of nitrogens with two attached hydrogens (primary N) is 2. The molecule has 0 spiro atoms. The Morgan fingerprint density at radius 3 is 2.71 bits per heavy atom. The maximum atomic E-state index is 11.6. The maximum Gasteiger partial charge on any atom is 0.278 e. The molecule has 0 aliphatic heterocycles. The fourth-order valence-corrected chi connectivity index (χ4v) is 1.54. The molecule has 0 fully saturated rings. The van der Waals surface area contributed by atoms with Crippen LogP contribution in [0.3, 0.4) is 0 Å². The van der Waals surface area contributed by atoms with E-state index in [-0.39, 0.29) is 22.7 Å². The first-order chi connectivity index (χ1) is 8.15. The summed E-state index contributed by atoms with van der Waals surface area (Å²) in [6.07, 6.45) is 1.50. The van der Waals surface area contributed by atoms with Crippen molar-refractivity contribution in [2.75, 3.05) is 11.5 Å². The van der Waals surface area contributed by atoms with Crippen LogP contribution in [-0.4, -0.2) is 30.1 Å². The van der Waals surface area contributed by atoms with E-state index < -0.39 is 0 Å². The third kappa shape index (κ3) is 1.33. The molecule has 86 valence electrons. The van der Waals surface area contributed by atoms with E-state index in [0.29, 0.717) is 17.2 Å². The van der Waals surface area contributed by atoms with Gasteiger partial charge in [-0.2, -0.15) is 10.1 Å². The average molecular weight is 232 g/mol. The summed E-state index contributed by atoms with van der Waals surface area (Å²) in [6.45, 7) is 0. The second-order valence-electron chi connectivity index (χ2n) is 3.43. The molecule has 0 aliphatic carbocycles. The number of nitrogens with zero attached hydrogens (tertiary/aromatic N) is 3. The van der Waals surface area contributed by atoms with Crippen molar-refractivity contribution < 1.29 is 0 Å². The zero-order chi connectivity index (χ0) is 12.0. The van der Waals surface area contributed by atoms with Crippen molar-refractivity contribution in [2.24, 2.45) is 0 Å². The number of anilines is 2. The van der Waals surface area contributed by atoms with Gasteiger partial charge in [0.05, 0.1) is 11.8 Å². The molecule has 0 aromatic carbocycles. The van der Waals surface area contributed by atoms with Crippen LogP contribution in [0.15, 0.2) is 11.0 Å². The minimum absolute atomic E-state index is 0.0146. The van der Waals surface area contributed by atoms with Crippen molar-refractivity contribution in [3.8, 4) is 11.4 Å². The number of hydrogen-bond donors (Lipinski definition) is 5. The monoisotopic (exact) mass is 232 g/mol. The van der Waals surface area contributed by atoms with Gasteiger partial charge in [-0.25, -0.2) is 4.98 Å². The number of aromatic amines is 3. The lowest BCUT2D eigenvalue weighted by Gasteiger charge is -1.90. The quantitative estimate of drug-likeness (QED) is 0.370. The molecule has 9 heteroatoms. The molecule has 0 saturated heterocycles. The van der Waals surface area contributed by atoms with Gasteiger partial charge in [0, 0.05) is 0 Å². The summed E-state index contributed by atoms with van der Waals surface area (Å²) in [4.78, 5) is 24.8. The molecular weight excluding hydrogens is 224 g/mol. The lowest BCUT2D eigenvalue weighted by atomic mass is 10.3. The Hall–Kier alpha value is -2.84. The Balaban J connectivity index is 2.31. The second-order valence-corrected chi connectivity index (χ2v) is 3.43. The van der Waals surface area contributed by atoms with Crippen molar-refractivity contribution in [3.05, 3.63) is 16.6 Å². The van der Waals surface area contributed by atoms with E-state index in [9.17, 15) is 4.79 Å². The molecule has 9 nitrogen and oxygen atoms in total. The number of rotatable bonds is 1. The van der Waals surface area contributed by atoms with Gasteiger partial charge in [0.15, 0.2) is 11.2 Å². The Morgan fingerprint density at radius 1 is 1.18 bits per heavy atom. The summed E-state index contributed by atoms with van der Waals surface area (Å²) in [5.74, 6) is 0.782. The Kier molecular flexibility index (Phi) is 1.70. The van der Waals surface area contributed by atoms with Crippen molar-refractivity contribution in [3.63, 3.8) is 0 Å². The highest BCUT2D eigenvalue weighted by Gasteiger charge is 2.13. The van der Waals surface area contributed by atoms with E-state index in [0.717, 1.165) is 0 Å². The molecule has 0 aliphatic rings. The maximum absolute atomic E-state index is 11.6. The van der Waals surface area contributed by atoms with Gasteiger partial charge in [0.1, 0.15) is 11.6 Å². The molecule has 0 saturated carbocycles. The van der Waals surface area contributed by atoms with Gasteiger partial charge in [-0.3, -0.25) is 14.9 Å². The van der Waals surface area contributed by atoms with Gasteiger partial charge < -0.3 is 16.5 Å². The van der Waals surface area contributed by atoms with E-state index >= 15 is 0 Å². The number of H-pyrrole nitrogens is 3. The summed E-state index contributed by atoms with van der Waals surface area (Å²) < 4.78 is 0. The first-order valence-electron chi connectivity index (χ1n) is 4.70.